The van der Waals surface area contributed by atoms with E-state index in [1.807, 2.05) is 25.1 Å². The van der Waals surface area contributed by atoms with Crippen LogP contribution >= 0.6 is 22.9 Å². The number of nitrogens with zero attached hydrogens (tertiary/aromatic N) is 2. The molecule has 2 aromatic heterocycles. The summed E-state index contributed by atoms with van der Waals surface area (Å²) in [6.45, 7) is 3.02. The van der Waals surface area contributed by atoms with Gasteiger partial charge in [0.1, 0.15) is 16.3 Å². The van der Waals surface area contributed by atoms with E-state index in [4.69, 9.17) is 16.3 Å². The van der Waals surface area contributed by atoms with Crippen LogP contribution in [-0.2, 0) is 9.53 Å². The Morgan fingerprint density at radius 3 is 2.78 bits per heavy atom. The first kappa shape index (κ1) is 15.7. The van der Waals surface area contributed by atoms with Crippen LogP contribution in [0.5, 0.6) is 0 Å². The lowest BCUT2D eigenvalue weighted by Crippen LogP contribution is -2.10. The van der Waals surface area contributed by atoms with Crippen molar-refractivity contribution in [3.8, 4) is 5.69 Å². The lowest BCUT2D eigenvalue weighted by Gasteiger charge is -2.04. The highest BCUT2D eigenvalue weighted by Gasteiger charge is 2.19. The molecule has 0 saturated heterocycles. The summed E-state index contributed by atoms with van der Waals surface area (Å²) >= 11 is 7.50. The van der Waals surface area contributed by atoms with E-state index in [0.717, 1.165) is 21.6 Å². The van der Waals surface area contributed by atoms with Gasteiger partial charge in [-0.05, 0) is 32.0 Å². The van der Waals surface area contributed by atoms with Crippen molar-refractivity contribution in [2.75, 3.05) is 6.61 Å². The lowest BCUT2D eigenvalue weighted by atomic mass is 10.3. The van der Waals surface area contributed by atoms with Gasteiger partial charge in [-0.1, -0.05) is 23.7 Å². The van der Waals surface area contributed by atoms with Gasteiger partial charge < -0.3 is 4.74 Å². The molecule has 0 bridgehead atoms. The van der Waals surface area contributed by atoms with Gasteiger partial charge in [-0.25, -0.2) is 9.48 Å². The van der Waals surface area contributed by atoms with Crippen LogP contribution < -0.4 is 0 Å². The molecule has 0 atom stereocenters. The average Bonchev–Trinajstić information content (AvgIpc) is 3.07. The third-order valence-corrected chi connectivity index (χ3v) is 4.64. The number of rotatable bonds is 4. The van der Waals surface area contributed by atoms with Crippen LogP contribution in [0.15, 0.2) is 30.3 Å². The summed E-state index contributed by atoms with van der Waals surface area (Å²) in [5, 5.41) is 5.93. The monoisotopic (exact) mass is 348 g/mol. The first-order valence-electron chi connectivity index (χ1n) is 6.88. The Balaban J connectivity index is 2.04. The molecule has 0 spiro atoms. The molecule has 3 rings (SSSR count). The summed E-state index contributed by atoms with van der Waals surface area (Å²) in [5.74, 6) is -0.704. The van der Waals surface area contributed by atoms with E-state index in [1.165, 1.54) is 18.3 Å². The molecule has 23 heavy (non-hydrogen) atoms. The van der Waals surface area contributed by atoms with Gasteiger partial charge in [0.25, 0.3) is 0 Å². The number of aryl methyl sites for hydroxylation is 1. The van der Waals surface area contributed by atoms with Gasteiger partial charge in [0.05, 0.1) is 16.4 Å². The molecule has 1 aromatic carbocycles. The van der Waals surface area contributed by atoms with Crippen molar-refractivity contribution in [1.82, 2.24) is 9.78 Å². The number of halogens is 1. The number of para-hydroxylation sites is 1. The molecule has 0 aliphatic carbocycles. The van der Waals surface area contributed by atoms with Gasteiger partial charge in [-0.2, -0.15) is 5.10 Å². The number of hydrogen-bond donors (Lipinski definition) is 0. The molecule has 7 heteroatoms. The Hall–Kier alpha value is -2.18. The number of carbonyl (C=O) groups is 2. The maximum atomic E-state index is 12.0. The third kappa shape index (κ3) is 3.00. The van der Waals surface area contributed by atoms with Gasteiger partial charge in [-0.15, -0.1) is 11.3 Å². The van der Waals surface area contributed by atoms with E-state index in [9.17, 15) is 9.59 Å². The SMILES string of the molecule is CC(=O)COC(=O)c1cc2c(C)nn(-c3ccccc3Cl)c2s1. The van der Waals surface area contributed by atoms with Crippen LogP contribution in [0.25, 0.3) is 15.9 Å². The minimum absolute atomic E-state index is 0.196. The van der Waals surface area contributed by atoms with E-state index in [0.29, 0.717) is 9.90 Å². The molecule has 0 aliphatic heterocycles. The van der Waals surface area contributed by atoms with Crippen LogP contribution in [0.1, 0.15) is 22.3 Å². The Morgan fingerprint density at radius 2 is 2.09 bits per heavy atom. The van der Waals surface area contributed by atoms with Crippen molar-refractivity contribution in [3.63, 3.8) is 0 Å². The number of aromatic nitrogens is 2. The number of ether oxygens (including phenoxy) is 1. The van der Waals surface area contributed by atoms with Gasteiger partial charge in [0.2, 0.25) is 0 Å². The zero-order valence-electron chi connectivity index (χ0n) is 12.5. The Bertz CT molecular complexity index is 913. The van der Waals surface area contributed by atoms with Crippen LogP contribution in [0, 0.1) is 6.92 Å². The van der Waals surface area contributed by atoms with E-state index < -0.39 is 5.97 Å². The Morgan fingerprint density at radius 1 is 1.35 bits per heavy atom. The second-order valence-corrected chi connectivity index (χ2v) is 6.49. The maximum absolute atomic E-state index is 12.0. The van der Waals surface area contributed by atoms with E-state index in [1.54, 1.807) is 16.8 Å². The Labute approximate surface area is 141 Å². The molecule has 0 N–H and O–H groups in total. The minimum atomic E-state index is -0.508. The molecule has 0 saturated carbocycles. The summed E-state index contributed by atoms with van der Waals surface area (Å²) in [5.41, 5.74) is 1.54. The fourth-order valence-electron chi connectivity index (χ4n) is 2.17. The third-order valence-electron chi connectivity index (χ3n) is 3.23. The van der Waals surface area contributed by atoms with Crippen LogP contribution in [0.2, 0.25) is 5.02 Å². The van der Waals surface area contributed by atoms with Crippen molar-refractivity contribution in [2.24, 2.45) is 0 Å². The first-order valence-corrected chi connectivity index (χ1v) is 8.07. The molecule has 2 heterocycles. The minimum Gasteiger partial charge on any atom is -0.454 e. The molecule has 0 unspecified atom stereocenters. The molecule has 5 nitrogen and oxygen atoms in total. The van der Waals surface area contributed by atoms with Crippen LogP contribution in [-0.4, -0.2) is 28.1 Å². The summed E-state index contributed by atoms with van der Waals surface area (Å²) in [6.07, 6.45) is 0. The number of benzene rings is 1. The highest BCUT2D eigenvalue weighted by Crippen LogP contribution is 2.32. The summed E-state index contributed by atoms with van der Waals surface area (Å²) in [4.78, 5) is 24.2. The Kier molecular flexibility index (Phi) is 4.19. The molecule has 118 valence electrons. The molecule has 0 radical (unpaired) electrons. The zero-order chi connectivity index (χ0) is 16.6. The van der Waals surface area contributed by atoms with Crippen molar-refractivity contribution in [2.45, 2.75) is 13.8 Å². The molecular formula is C16H13ClN2O3S. The second-order valence-electron chi connectivity index (χ2n) is 5.06. The first-order chi connectivity index (χ1) is 11.0. The zero-order valence-corrected chi connectivity index (χ0v) is 14.1. The van der Waals surface area contributed by atoms with Gasteiger partial charge in [-0.3, -0.25) is 4.79 Å². The topological polar surface area (TPSA) is 61.2 Å². The van der Waals surface area contributed by atoms with Gasteiger partial charge in [0.15, 0.2) is 5.78 Å². The largest absolute Gasteiger partial charge is 0.454 e. The quantitative estimate of drug-likeness (QED) is 0.673. The van der Waals surface area contributed by atoms with E-state index in [-0.39, 0.29) is 12.4 Å². The summed E-state index contributed by atoms with van der Waals surface area (Å²) < 4.78 is 6.69. The number of Topliss-reactive ketones (excluding diaryl/α,β-unsaturated/α-hetero) is 1. The smallest absolute Gasteiger partial charge is 0.348 e. The fraction of sp³-hybridized carbons (Fsp3) is 0.188. The highest BCUT2D eigenvalue weighted by atomic mass is 35.5. The number of thiophene rings is 1. The van der Waals surface area contributed by atoms with E-state index >= 15 is 0 Å². The van der Waals surface area contributed by atoms with Crippen molar-refractivity contribution in [3.05, 3.63) is 45.9 Å². The van der Waals surface area contributed by atoms with Crippen LogP contribution in [0.4, 0.5) is 0 Å². The number of esters is 1. The van der Waals surface area contributed by atoms with Crippen molar-refractivity contribution < 1.29 is 14.3 Å². The maximum Gasteiger partial charge on any atom is 0.348 e. The molecule has 0 fully saturated rings. The number of ketones is 1. The van der Waals surface area contributed by atoms with Crippen LogP contribution in [0.3, 0.4) is 0 Å². The van der Waals surface area contributed by atoms with Gasteiger partial charge in [0, 0.05) is 5.39 Å². The van der Waals surface area contributed by atoms with E-state index in [2.05, 4.69) is 5.10 Å². The van der Waals surface area contributed by atoms with Crippen molar-refractivity contribution >= 4 is 44.9 Å². The molecule has 0 aliphatic rings. The fourth-order valence-corrected chi connectivity index (χ4v) is 3.46. The predicted molar refractivity (Wildman–Crippen MR) is 89.7 cm³/mol. The standard InChI is InChI=1S/C16H13ClN2O3S/c1-9(20)8-22-16(21)14-7-11-10(2)18-19(15(11)23-14)13-6-4-3-5-12(13)17/h3-7H,8H2,1-2H3. The lowest BCUT2D eigenvalue weighted by molar-refractivity contribution is -0.120. The summed E-state index contributed by atoms with van der Waals surface area (Å²) in [7, 11) is 0. The van der Waals surface area contributed by atoms with Crippen molar-refractivity contribution in [1.29, 1.82) is 0 Å². The van der Waals surface area contributed by atoms with Gasteiger partial charge >= 0.3 is 5.97 Å². The second kappa shape index (κ2) is 6.14. The number of hydrogen-bond acceptors (Lipinski definition) is 5. The summed E-state index contributed by atoms with van der Waals surface area (Å²) in [6, 6.07) is 9.10. The normalized spacial score (nSPS) is 10.9. The predicted octanol–water partition coefficient (Wildman–Crippen LogP) is 3.79. The number of fused-ring (bicyclic) bond motifs is 1. The number of carbonyl (C=O) groups excluding carboxylic acids is 2. The highest BCUT2D eigenvalue weighted by molar-refractivity contribution is 7.20. The molecule has 3 aromatic rings. The molecule has 0 amide bonds. The average molecular weight is 349 g/mol. The molecular weight excluding hydrogens is 336 g/mol.